The molecule has 0 aliphatic carbocycles. The van der Waals surface area contributed by atoms with Gasteiger partial charge in [-0.3, -0.25) is 14.4 Å². The highest BCUT2D eigenvalue weighted by molar-refractivity contribution is 6.00. The van der Waals surface area contributed by atoms with Crippen LogP contribution >= 0.6 is 0 Å². The highest BCUT2D eigenvalue weighted by atomic mass is 16.7. The van der Waals surface area contributed by atoms with E-state index < -0.39 is 0 Å². The van der Waals surface area contributed by atoms with Crippen molar-refractivity contribution in [1.82, 2.24) is 5.06 Å². The fourth-order valence-corrected chi connectivity index (χ4v) is 1.52. The monoisotopic (exact) mass is 220 g/mol. The first-order chi connectivity index (χ1) is 7.66. The Labute approximate surface area is 92.7 Å². The minimum Gasteiger partial charge on any atom is -0.399 e. The number of carbonyl (C=O) groups excluding carboxylic acids is 2. The van der Waals surface area contributed by atoms with Gasteiger partial charge in [-0.2, -0.15) is 5.06 Å². The number of benzene rings is 1. The summed E-state index contributed by atoms with van der Waals surface area (Å²) in [5.41, 5.74) is 7.05. The molecule has 0 saturated carbocycles. The van der Waals surface area contributed by atoms with Crippen LogP contribution < -0.4 is 5.73 Å². The molecule has 0 spiro atoms. The van der Waals surface area contributed by atoms with Gasteiger partial charge in [-0.25, -0.2) is 0 Å². The topological polar surface area (TPSA) is 72.6 Å². The number of hydrogen-bond acceptors (Lipinski definition) is 4. The molecule has 2 rings (SSSR count). The van der Waals surface area contributed by atoms with E-state index in [0.717, 1.165) is 10.6 Å². The van der Waals surface area contributed by atoms with Crippen LogP contribution in [0.15, 0.2) is 24.3 Å². The van der Waals surface area contributed by atoms with Crippen molar-refractivity contribution in [2.75, 3.05) is 5.73 Å². The molecular formula is C11H12N2O3. The summed E-state index contributed by atoms with van der Waals surface area (Å²) in [5, 5.41) is 0.836. The van der Waals surface area contributed by atoms with E-state index in [2.05, 4.69) is 0 Å². The van der Waals surface area contributed by atoms with E-state index in [9.17, 15) is 9.59 Å². The van der Waals surface area contributed by atoms with E-state index in [-0.39, 0.29) is 31.3 Å². The Morgan fingerprint density at radius 2 is 1.94 bits per heavy atom. The number of nitrogen functional groups attached to an aromatic ring is 1. The number of rotatable bonds is 3. The summed E-state index contributed by atoms with van der Waals surface area (Å²) in [6.07, 6.45) is 0.464. The number of imide groups is 1. The average Bonchev–Trinajstić information content (AvgIpc) is 2.56. The van der Waals surface area contributed by atoms with Gasteiger partial charge in [0.25, 0.3) is 11.8 Å². The molecule has 5 nitrogen and oxygen atoms in total. The van der Waals surface area contributed by atoms with Gasteiger partial charge in [0.2, 0.25) is 0 Å². The van der Waals surface area contributed by atoms with Gasteiger partial charge in [0.05, 0.1) is 0 Å². The summed E-state index contributed by atoms with van der Waals surface area (Å²) in [7, 11) is 0. The van der Waals surface area contributed by atoms with Crippen LogP contribution in [-0.4, -0.2) is 16.9 Å². The molecule has 1 aromatic rings. The lowest BCUT2D eigenvalue weighted by Gasteiger charge is -2.13. The molecule has 0 aromatic heterocycles. The molecule has 1 fully saturated rings. The van der Waals surface area contributed by atoms with Gasteiger partial charge in [0.15, 0.2) is 0 Å². The average molecular weight is 220 g/mol. The lowest BCUT2D eigenvalue weighted by molar-refractivity contribution is -0.191. The highest BCUT2D eigenvalue weighted by Crippen LogP contribution is 2.14. The number of carbonyl (C=O) groups is 2. The molecule has 0 bridgehead atoms. The van der Waals surface area contributed by atoms with Gasteiger partial charge in [0, 0.05) is 18.5 Å². The number of nitrogens with two attached hydrogens (primary N) is 1. The van der Waals surface area contributed by atoms with Gasteiger partial charge < -0.3 is 5.73 Å². The van der Waals surface area contributed by atoms with Gasteiger partial charge >= 0.3 is 0 Å². The smallest absolute Gasteiger partial charge is 0.254 e. The Hall–Kier alpha value is -1.88. The van der Waals surface area contributed by atoms with Crippen molar-refractivity contribution < 1.29 is 14.4 Å². The molecule has 1 aromatic carbocycles. The summed E-state index contributed by atoms with van der Waals surface area (Å²) < 4.78 is 0. The molecule has 16 heavy (non-hydrogen) atoms. The molecule has 2 N–H and O–H groups in total. The molecule has 2 amide bonds. The zero-order chi connectivity index (χ0) is 11.5. The van der Waals surface area contributed by atoms with Crippen molar-refractivity contribution >= 4 is 17.5 Å². The third kappa shape index (κ3) is 2.20. The number of nitrogens with zero attached hydrogens (tertiary/aromatic N) is 1. The maximum Gasteiger partial charge on any atom is 0.254 e. The minimum absolute atomic E-state index is 0.169. The zero-order valence-corrected chi connectivity index (χ0v) is 8.68. The second-order valence-electron chi connectivity index (χ2n) is 3.60. The number of anilines is 1. The van der Waals surface area contributed by atoms with Gasteiger partial charge in [-0.1, -0.05) is 12.1 Å². The quantitative estimate of drug-likeness (QED) is 0.605. The molecule has 5 heteroatoms. The van der Waals surface area contributed by atoms with Crippen molar-refractivity contribution in [2.24, 2.45) is 0 Å². The Morgan fingerprint density at radius 1 is 1.25 bits per heavy atom. The van der Waals surface area contributed by atoms with Crippen molar-refractivity contribution in [1.29, 1.82) is 0 Å². The predicted molar refractivity (Wildman–Crippen MR) is 56.7 cm³/mol. The fraction of sp³-hybridized carbons (Fsp3) is 0.273. The first-order valence-electron chi connectivity index (χ1n) is 5.00. The van der Waals surface area contributed by atoms with Crippen LogP contribution in [0.3, 0.4) is 0 Å². The third-order valence-corrected chi connectivity index (χ3v) is 2.32. The Bertz CT molecular complexity index is 415. The van der Waals surface area contributed by atoms with Gasteiger partial charge in [-0.15, -0.1) is 0 Å². The van der Waals surface area contributed by atoms with E-state index in [1.165, 1.54) is 0 Å². The van der Waals surface area contributed by atoms with E-state index in [4.69, 9.17) is 10.6 Å². The number of hydrogen-bond donors (Lipinski definition) is 1. The van der Waals surface area contributed by atoms with Crippen LogP contribution in [0.25, 0.3) is 0 Å². The SMILES string of the molecule is Nc1cccc(CON2C(=O)CCC2=O)c1. The maximum atomic E-state index is 11.2. The molecule has 0 atom stereocenters. The van der Waals surface area contributed by atoms with Crippen molar-refractivity contribution in [3.05, 3.63) is 29.8 Å². The molecule has 1 aliphatic heterocycles. The van der Waals surface area contributed by atoms with Crippen LogP contribution in [0.5, 0.6) is 0 Å². The van der Waals surface area contributed by atoms with E-state index in [1.54, 1.807) is 18.2 Å². The zero-order valence-electron chi connectivity index (χ0n) is 8.68. The molecule has 0 unspecified atom stereocenters. The summed E-state index contributed by atoms with van der Waals surface area (Å²) in [4.78, 5) is 27.6. The third-order valence-electron chi connectivity index (χ3n) is 2.32. The lowest BCUT2D eigenvalue weighted by atomic mass is 10.2. The summed E-state index contributed by atoms with van der Waals surface area (Å²) in [6, 6.07) is 7.11. The number of hydroxylamine groups is 2. The molecule has 0 radical (unpaired) electrons. The Morgan fingerprint density at radius 3 is 2.56 bits per heavy atom. The van der Waals surface area contributed by atoms with Crippen LogP contribution in [0.1, 0.15) is 18.4 Å². The summed E-state index contributed by atoms with van der Waals surface area (Å²) >= 11 is 0. The fourth-order valence-electron chi connectivity index (χ4n) is 1.52. The van der Waals surface area contributed by atoms with Crippen molar-refractivity contribution in [3.63, 3.8) is 0 Å². The van der Waals surface area contributed by atoms with E-state index in [1.807, 2.05) is 6.07 Å². The van der Waals surface area contributed by atoms with E-state index in [0.29, 0.717) is 5.69 Å². The lowest BCUT2D eigenvalue weighted by Crippen LogP contribution is -2.29. The molecule has 1 aliphatic rings. The molecular weight excluding hydrogens is 208 g/mol. The molecule has 1 saturated heterocycles. The largest absolute Gasteiger partial charge is 0.399 e. The van der Waals surface area contributed by atoms with Crippen LogP contribution in [0.2, 0.25) is 0 Å². The van der Waals surface area contributed by atoms with Gasteiger partial charge in [-0.05, 0) is 17.7 Å². The van der Waals surface area contributed by atoms with Crippen LogP contribution in [0, 0.1) is 0 Å². The standard InChI is InChI=1S/C11H12N2O3/c12-9-3-1-2-8(6-9)7-16-13-10(14)4-5-11(13)15/h1-3,6H,4-5,7,12H2. The minimum atomic E-state index is -0.283. The van der Waals surface area contributed by atoms with Crippen LogP contribution in [-0.2, 0) is 21.0 Å². The van der Waals surface area contributed by atoms with Crippen molar-refractivity contribution in [2.45, 2.75) is 19.4 Å². The second kappa shape index (κ2) is 4.32. The Balaban J connectivity index is 1.97. The first kappa shape index (κ1) is 10.6. The Kier molecular flexibility index (Phi) is 2.87. The normalized spacial score (nSPS) is 15.9. The predicted octanol–water partition coefficient (Wildman–Crippen LogP) is 0.849. The first-order valence-corrected chi connectivity index (χ1v) is 5.00. The molecule has 1 heterocycles. The van der Waals surface area contributed by atoms with Crippen molar-refractivity contribution in [3.8, 4) is 0 Å². The highest BCUT2D eigenvalue weighted by Gasteiger charge is 2.30. The summed E-state index contributed by atoms with van der Waals surface area (Å²) in [5.74, 6) is -0.567. The molecule has 84 valence electrons. The number of amides is 2. The summed E-state index contributed by atoms with van der Waals surface area (Å²) in [6.45, 7) is 0.169. The maximum absolute atomic E-state index is 11.2. The second-order valence-corrected chi connectivity index (χ2v) is 3.60. The van der Waals surface area contributed by atoms with E-state index >= 15 is 0 Å². The van der Waals surface area contributed by atoms with Gasteiger partial charge in [0.1, 0.15) is 6.61 Å². The van der Waals surface area contributed by atoms with Crippen LogP contribution in [0.4, 0.5) is 5.69 Å².